The summed E-state index contributed by atoms with van der Waals surface area (Å²) in [5, 5.41) is 3.11. The van der Waals surface area contributed by atoms with Crippen LogP contribution in [0.4, 0.5) is 4.79 Å². The summed E-state index contributed by atoms with van der Waals surface area (Å²) < 4.78 is 5.72. The van der Waals surface area contributed by atoms with Crippen LogP contribution in [-0.2, 0) is 17.8 Å². The number of urea groups is 1. The van der Waals surface area contributed by atoms with Gasteiger partial charge in [-0.2, -0.15) is 0 Å². The molecule has 6 nitrogen and oxygen atoms in total. The highest BCUT2D eigenvalue weighted by atomic mass is 16.5. The maximum Gasteiger partial charge on any atom is 0.317 e. The lowest BCUT2D eigenvalue weighted by Crippen LogP contribution is -2.51. The Morgan fingerprint density at radius 2 is 1.63 bits per heavy atom. The Labute approximate surface area is 163 Å². The fraction of sp³-hybridized carbons (Fsp3) is 0.667. The lowest BCUT2D eigenvalue weighted by Gasteiger charge is -2.35. The summed E-state index contributed by atoms with van der Waals surface area (Å²) >= 11 is 0. The highest BCUT2D eigenvalue weighted by Crippen LogP contribution is 2.15. The first kappa shape index (κ1) is 20.1. The predicted molar refractivity (Wildman–Crippen MR) is 108 cm³/mol. The summed E-state index contributed by atoms with van der Waals surface area (Å²) in [6.07, 6.45) is 0.183. The average Bonchev–Trinajstić information content (AvgIpc) is 2.67. The summed E-state index contributed by atoms with van der Waals surface area (Å²) in [4.78, 5) is 19.4. The first-order valence-electron chi connectivity index (χ1n) is 10.2. The van der Waals surface area contributed by atoms with Crippen LogP contribution in [0, 0.1) is 0 Å². The molecule has 0 aromatic heterocycles. The Balaban J connectivity index is 1.54. The van der Waals surface area contributed by atoms with Crippen LogP contribution in [0.25, 0.3) is 0 Å². The van der Waals surface area contributed by atoms with Crippen LogP contribution >= 0.6 is 0 Å². The van der Waals surface area contributed by atoms with Gasteiger partial charge in [-0.05, 0) is 31.5 Å². The lowest BCUT2D eigenvalue weighted by atomic mass is 10.1. The average molecular weight is 375 g/mol. The van der Waals surface area contributed by atoms with Gasteiger partial charge in [-0.3, -0.25) is 4.90 Å². The molecule has 1 aromatic carbocycles. The standard InChI is InChI=1S/C21H34N4O2/c1-4-23-9-11-24(12-10-23)16-20-8-6-5-7-19(20)13-22-21(26)25-14-17(2)27-18(3)15-25/h5-8,17-18H,4,9-16H2,1-3H3,(H,22,26). The van der Waals surface area contributed by atoms with Gasteiger partial charge in [-0.15, -0.1) is 0 Å². The highest BCUT2D eigenvalue weighted by molar-refractivity contribution is 5.74. The third kappa shape index (κ3) is 5.67. The van der Waals surface area contributed by atoms with Crippen LogP contribution in [0.5, 0.6) is 0 Å². The van der Waals surface area contributed by atoms with Crippen LogP contribution in [0.3, 0.4) is 0 Å². The van der Waals surface area contributed by atoms with E-state index in [1.54, 1.807) is 0 Å². The number of likely N-dealkylation sites (N-methyl/N-ethyl adjacent to an activating group) is 1. The SMILES string of the molecule is CCN1CCN(Cc2ccccc2CNC(=O)N2CC(C)OC(C)C2)CC1. The van der Waals surface area contributed by atoms with E-state index in [0.29, 0.717) is 19.6 Å². The largest absolute Gasteiger partial charge is 0.372 e. The van der Waals surface area contributed by atoms with E-state index in [2.05, 4.69) is 46.3 Å². The molecule has 2 unspecified atom stereocenters. The van der Waals surface area contributed by atoms with E-state index in [4.69, 9.17) is 4.74 Å². The number of carbonyl (C=O) groups excluding carboxylic acids is 1. The minimum absolute atomic E-state index is 0.00311. The van der Waals surface area contributed by atoms with Crippen LogP contribution in [-0.4, -0.2) is 78.8 Å². The van der Waals surface area contributed by atoms with Gasteiger partial charge in [0.25, 0.3) is 0 Å². The number of amides is 2. The smallest absolute Gasteiger partial charge is 0.317 e. The molecule has 0 spiro atoms. The minimum atomic E-state index is 0.00311. The third-order valence-corrected chi connectivity index (χ3v) is 5.56. The topological polar surface area (TPSA) is 48.0 Å². The van der Waals surface area contributed by atoms with E-state index >= 15 is 0 Å². The summed E-state index contributed by atoms with van der Waals surface area (Å²) in [5.41, 5.74) is 2.52. The molecule has 1 N–H and O–H groups in total. The van der Waals surface area contributed by atoms with Gasteiger partial charge in [-0.25, -0.2) is 4.79 Å². The van der Waals surface area contributed by atoms with Gasteiger partial charge in [0.15, 0.2) is 0 Å². The van der Waals surface area contributed by atoms with E-state index in [1.165, 1.54) is 11.1 Å². The number of rotatable bonds is 5. The molecule has 27 heavy (non-hydrogen) atoms. The number of morpholine rings is 1. The molecule has 2 amide bonds. The molecule has 3 rings (SSSR count). The van der Waals surface area contributed by atoms with Crippen LogP contribution in [0.1, 0.15) is 31.9 Å². The molecule has 6 heteroatoms. The van der Waals surface area contributed by atoms with Gasteiger partial charge in [0, 0.05) is 52.4 Å². The van der Waals surface area contributed by atoms with E-state index in [9.17, 15) is 4.79 Å². The molecule has 1 aromatic rings. The van der Waals surface area contributed by atoms with Crippen LogP contribution < -0.4 is 5.32 Å². The maximum absolute atomic E-state index is 12.6. The summed E-state index contributed by atoms with van der Waals surface area (Å²) in [7, 11) is 0. The molecule has 2 saturated heterocycles. The van der Waals surface area contributed by atoms with Gasteiger partial charge >= 0.3 is 6.03 Å². The summed E-state index contributed by atoms with van der Waals surface area (Å²) in [6, 6.07) is 8.46. The quantitative estimate of drug-likeness (QED) is 0.858. The van der Waals surface area contributed by atoms with Crippen molar-refractivity contribution in [3.05, 3.63) is 35.4 Å². The first-order valence-corrected chi connectivity index (χ1v) is 10.2. The Kier molecular flexibility index (Phi) is 7.10. The van der Waals surface area contributed by atoms with Crippen molar-refractivity contribution in [1.82, 2.24) is 20.0 Å². The molecular weight excluding hydrogens is 340 g/mol. The second kappa shape index (κ2) is 9.53. The molecule has 150 valence electrons. The predicted octanol–water partition coefficient (Wildman–Crippen LogP) is 2.14. The van der Waals surface area contributed by atoms with E-state index in [-0.39, 0.29) is 18.2 Å². The molecule has 2 heterocycles. The van der Waals surface area contributed by atoms with Crippen molar-refractivity contribution in [2.24, 2.45) is 0 Å². The molecule has 0 bridgehead atoms. The first-order chi connectivity index (χ1) is 13.0. The number of nitrogens with one attached hydrogen (secondary N) is 1. The second-order valence-electron chi connectivity index (χ2n) is 7.80. The lowest BCUT2D eigenvalue weighted by molar-refractivity contribution is -0.0545. The van der Waals surface area contributed by atoms with Crippen LogP contribution in [0.2, 0.25) is 0 Å². The zero-order chi connectivity index (χ0) is 19.2. The molecule has 0 aliphatic carbocycles. The number of piperazine rings is 1. The Morgan fingerprint density at radius 1 is 1.04 bits per heavy atom. The molecular formula is C21H34N4O2. The van der Waals surface area contributed by atoms with Gasteiger partial charge in [0.1, 0.15) is 0 Å². The van der Waals surface area contributed by atoms with Crippen molar-refractivity contribution in [1.29, 1.82) is 0 Å². The molecule has 2 fully saturated rings. The second-order valence-corrected chi connectivity index (χ2v) is 7.80. The Hall–Kier alpha value is -1.63. The Bertz CT molecular complexity index is 606. The van der Waals surface area contributed by atoms with Crippen molar-refractivity contribution in [3.8, 4) is 0 Å². The number of hydrogen-bond donors (Lipinski definition) is 1. The monoisotopic (exact) mass is 374 g/mol. The van der Waals surface area contributed by atoms with Gasteiger partial charge in [0.05, 0.1) is 12.2 Å². The zero-order valence-electron chi connectivity index (χ0n) is 17.0. The van der Waals surface area contributed by atoms with Crippen molar-refractivity contribution in [3.63, 3.8) is 0 Å². The third-order valence-electron chi connectivity index (χ3n) is 5.56. The molecule has 2 aliphatic heterocycles. The fourth-order valence-corrected chi connectivity index (χ4v) is 4.02. The zero-order valence-corrected chi connectivity index (χ0v) is 17.0. The van der Waals surface area contributed by atoms with Gasteiger partial charge < -0.3 is 19.9 Å². The molecule has 0 saturated carbocycles. The minimum Gasteiger partial charge on any atom is -0.372 e. The molecule has 0 radical (unpaired) electrons. The van der Waals surface area contributed by atoms with E-state index in [0.717, 1.165) is 39.3 Å². The number of hydrogen-bond acceptors (Lipinski definition) is 4. The normalized spacial score (nSPS) is 24.8. The Morgan fingerprint density at radius 3 is 2.26 bits per heavy atom. The van der Waals surface area contributed by atoms with Crippen molar-refractivity contribution < 1.29 is 9.53 Å². The maximum atomic E-state index is 12.6. The van der Waals surface area contributed by atoms with E-state index < -0.39 is 0 Å². The number of ether oxygens (including phenoxy) is 1. The number of nitrogens with zero attached hydrogens (tertiary/aromatic N) is 3. The molecule has 2 atom stereocenters. The van der Waals surface area contributed by atoms with Gasteiger partial charge in [-0.1, -0.05) is 31.2 Å². The fourth-order valence-electron chi connectivity index (χ4n) is 4.02. The van der Waals surface area contributed by atoms with Crippen molar-refractivity contribution in [2.75, 3.05) is 45.8 Å². The summed E-state index contributed by atoms with van der Waals surface area (Å²) in [6.45, 7) is 14.7. The highest BCUT2D eigenvalue weighted by Gasteiger charge is 2.25. The summed E-state index contributed by atoms with van der Waals surface area (Å²) in [5.74, 6) is 0. The van der Waals surface area contributed by atoms with Gasteiger partial charge in [0.2, 0.25) is 0 Å². The van der Waals surface area contributed by atoms with E-state index in [1.807, 2.05) is 18.7 Å². The molecule has 2 aliphatic rings. The van der Waals surface area contributed by atoms with Crippen molar-refractivity contribution in [2.45, 2.75) is 46.1 Å². The van der Waals surface area contributed by atoms with Crippen LogP contribution in [0.15, 0.2) is 24.3 Å². The van der Waals surface area contributed by atoms with Crippen molar-refractivity contribution >= 4 is 6.03 Å². The number of benzene rings is 1. The number of carbonyl (C=O) groups is 1.